The maximum Gasteiger partial charge on any atom is 0.339 e. The molecule has 0 aliphatic carbocycles. The summed E-state index contributed by atoms with van der Waals surface area (Å²) in [6.07, 6.45) is 0. The molecule has 0 fully saturated rings. The number of ether oxygens (including phenoxy) is 1. The van der Waals surface area contributed by atoms with Crippen LogP contribution in [0.25, 0.3) is 0 Å². The summed E-state index contributed by atoms with van der Waals surface area (Å²) in [5.74, 6) is -0.0102. The Morgan fingerprint density at radius 3 is 2.58 bits per heavy atom. The molecular weight excluding hydrogens is 308 g/mol. The Kier molecular flexibility index (Phi) is 3.90. The summed E-state index contributed by atoms with van der Waals surface area (Å²) < 4.78 is 6.53. The summed E-state index contributed by atoms with van der Waals surface area (Å²) in [6.45, 7) is 3.93. The number of hydrogen-bond donors (Lipinski definition) is 1. The predicted octanol–water partition coefficient (Wildman–Crippen LogP) is 4.56. The van der Waals surface area contributed by atoms with Crippen molar-refractivity contribution in [3.05, 3.63) is 57.6 Å². The van der Waals surface area contributed by atoms with Crippen LogP contribution in [0.1, 0.15) is 21.5 Å². The molecule has 0 saturated carbocycles. The molecule has 0 amide bonds. The maximum atomic E-state index is 11.2. The third-order valence-electron chi connectivity index (χ3n) is 2.95. The van der Waals surface area contributed by atoms with Gasteiger partial charge in [-0.15, -0.1) is 0 Å². The first kappa shape index (κ1) is 13.6. The first-order chi connectivity index (χ1) is 8.99. The average Bonchev–Trinajstić information content (AvgIpc) is 2.35. The fraction of sp³-hybridized carbons (Fsp3) is 0.133. The van der Waals surface area contributed by atoms with Crippen molar-refractivity contribution >= 4 is 21.9 Å². The second kappa shape index (κ2) is 5.45. The molecule has 0 aromatic heterocycles. The van der Waals surface area contributed by atoms with Crippen molar-refractivity contribution in [1.29, 1.82) is 0 Å². The number of rotatable bonds is 3. The van der Waals surface area contributed by atoms with Gasteiger partial charge in [-0.25, -0.2) is 4.79 Å². The van der Waals surface area contributed by atoms with Gasteiger partial charge in [0.05, 0.1) is 0 Å². The summed E-state index contributed by atoms with van der Waals surface area (Å²) in [5, 5.41) is 9.16. The third-order valence-corrected chi connectivity index (χ3v) is 3.44. The summed E-state index contributed by atoms with van der Waals surface area (Å²) in [7, 11) is 0. The smallest absolute Gasteiger partial charge is 0.339 e. The number of carbonyl (C=O) groups is 1. The number of aryl methyl sites for hydroxylation is 1. The molecular formula is C15H13BrO3. The fourth-order valence-corrected chi connectivity index (χ4v) is 2.05. The Morgan fingerprint density at radius 1 is 1.16 bits per heavy atom. The van der Waals surface area contributed by atoms with Crippen molar-refractivity contribution in [1.82, 2.24) is 0 Å². The molecule has 2 rings (SSSR count). The van der Waals surface area contributed by atoms with Gasteiger partial charge >= 0.3 is 5.97 Å². The van der Waals surface area contributed by atoms with Gasteiger partial charge in [0.25, 0.3) is 0 Å². The van der Waals surface area contributed by atoms with Crippen molar-refractivity contribution < 1.29 is 14.6 Å². The molecule has 0 spiro atoms. The molecule has 2 aromatic rings. The fourth-order valence-electron chi connectivity index (χ4n) is 1.71. The molecule has 0 atom stereocenters. The molecule has 19 heavy (non-hydrogen) atoms. The van der Waals surface area contributed by atoms with E-state index in [9.17, 15) is 4.79 Å². The Morgan fingerprint density at radius 2 is 1.89 bits per heavy atom. The molecule has 0 aliphatic heterocycles. The second-order valence-electron chi connectivity index (χ2n) is 4.25. The van der Waals surface area contributed by atoms with E-state index in [1.807, 2.05) is 32.0 Å². The topological polar surface area (TPSA) is 46.5 Å². The van der Waals surface area contributed by atoms with Gasteiger partial charge in [0.1, 0.15) is 17.1 Å². The Hall–Kier alpha value is -1.81. The van der Waals surface area contributed by atoms with Crippen molar-refractivity contribution in [3.63, 3.8) is 0 Å². The van der Waals surface area contributed by atoms with Crippen LogP contribution in [0.3, 0.4) is 0 Å². The van der Waals surface area contributed by atoms with Crippen LogP contribution in [0.5, 0.6) is 11.5 Å². The molecule has 0 bridgehead atoms. The van der Waals surface area contributed by atoms with Crippen molar-refractivity contribution in [2.75, 3.05) is 0 Å². The molecule has 0 unspecified atom stereocenters. The van der Waals surface area contributed by atoms with E-state index in [2.05, 4.69) is 15.9 Å². The van der Waals surface area contributed by atoms with Crippen molar-refractivity contribution in [2.45, 2.75) is 13.8 Å². The van der Waals surface area contributed by atoms with E-state index in [1.54, 1.807) is 12.1 Å². The minimum atomic E-state index is -1.01. The van der Waals surface area contributed by atoms with Gasteiger partial charge in [-0.05, 0) is 49.2 Å². The van der Waals surface area contributed by atoms with Crippen LogP contribution >= 0.6 is 15.9 Å². The Bertz CT molecular complexity index is 635. The second-order valence-corrected chi connectivity index (χ2v) is 5.16. The highest BCUT2D eigenvalue weighted by Gasteiger charge is 2.13. The predicted molar refractivity (Wildman–Crippen MR) is 77.1 cm³/mol. The van der Waals surface area contributed by atoms with E-state index in [-0.39, 0.29) is 5.56 Å². The molecule has 3 nitrogen and oxygen atoms in total. The van der Waals surface area contributed by atoms with E-state index in [1.165, 1.54) is 6.07 Å². The van der Waals surface area contributed by atoms with E-state index in [0.29, 0.717) is 11.5 Å². The number of benzene rings is 2. The normalized spacial score (nSPS) is 10.3. The van der Waals surface area contributed by atoms with Crippen LogP contribution in [-0.4, -0.2) is 11.1 Å². The first-order valence-corrected chi connectivity index (χ1v) is 6.55. The minimum absolute atomic E-state index is 0.143. The maximum absolute atomic E-state index is 11.2. The molecule has 0 radical (unpaired) electrons. The molecule has 0 heterocycles. The van der Waals surface area contributed by atoms with Gasteiger partial charge in [-0.1, -0.05) is 28.1 Å². The van der Waals surface area contributed by atoms with Gasteiger partial charge in [-0.2, -0.15) is 0 Å². The van der Waals surface area contributed by atoms with Gasteiger partial charge in [0, 0.05) is 4.47 Å². The van der Waals surface area contributed by atoms with Gasteiger partial charge in [-0.3, -0.25) is 0 Å². The lowest BCUT2D eigenvalue weighted by Crippen LogP contribution is -2.00. The van der Waals surface area contributed by atoms with Crippen LogP contribution in [0, 0.1) is 13.8 Å². The number of halogens is 1. The van der Waals surface area contributed by atoms with E-state index in [0.717, 1.165) is 15.6 Å². The zero-order valence-corrected chi connectivity index (χ0v) is 12.2. The quantitative estimate of drug-likeness (QED) is 0.902. The van der Waals surface area contributed by atoms with Crippen LogP contribution < -0.4 is 4.74 Å². The van der Waals surface area contributed by atoms with Crippen LogP contribution in [0.15, 0.2) is 40.9 Å². The number of aromatic carboxylic acids is 1. The molecule has 2 aromatic carbocycles. The van der Waals surface area contributed by atoms with Crippen LogP contribution in [0.4, 0.5) is 0 Å². The summed E-state index contributed by atoms with van der Waals surface area (Å²) >= 11 is 3.32. The SMILES string of the molecule is Cc1cccc(Oc2cc(Br)ccc2C(=O)O)c1C. The lowest BCUT2D eigenvalue weighted by Gasteiger charge is -2.12. The highest BCUT2D eigenvalue weighted by atomic mass is 79.9. The zero-order valence-electron chi connectivity index (χ0n) is 10.6. The third kappa shape index (κ3) is 2.96. The first-order valence-electron chi connectivity index (χ1n) is 5.76. The Balaban J connectivity index is 2.45. The monoisotopic (exact) mass is 320 g/mol. The molecule has 0 saturated heterocycles. The van der Waals surface area contributed by atoms with E-state index < -0.39 is 5.97 Å². The molecule has 0 aliphatic rings. The standard InChI is InChI=1S/C15H13BrO3/c1-9-4-3-5-13(10(9)2)19-14-8-11(16)6-7-12(14)15(17)18/h3-8H,1-2H3,(H,17,18). The molecule has 98 valence electrons. The minimum Gasteiger partial charge on any atom is -0.478 e. The lowest BCUT2D eigenvalue weighted by molar-refractivity contribution is 0.0694. The number of hydrogen-bond acceptors (Lipinski definition) is 2. The Labute approximate surface area is 120 Å². The number of carboxylic acids is 1. The van der Waals surface area contributed by atoms with Gasteiger partial charge < -0.3 is 9.84 Å². The highest BCUT2D eigenvalue weighted by Crippen LogP contribution is 2.31. The summed E-state index contributed by atoms with van der Waals surface area (Å²) in [4.78, 5) is 11.2. The van der Waals surface area contributed by atoms with Crippen LogP contribution in [0.2, 0.25) is 0 Å². The summed E-state index contributed by atoms with van der Waals surface area (Å²) in [5.41, 5.74) is 2.24. The average molecular weight is 321 g/mol. The van der Waals surface area contributed by atoms with Gasteiger partial charge in [0.15, 0.2) is 0 Å². The highest BCUT2D eigenvalue weighted by molar-refractivity contribution is 9.10. The van der Waals surface area contributed by atoms with Crippen molar-refractivity contribution in [2.24, 2.45) is 0 Å². The zero-order chi connectivity index (χ0) is 14.0. The van der Waals surface area contributed by atoms with Crippen LogP contribution in [-0.2, 0) is 0 Å². The van der Waals surface area contributed by atoms with E-state index in [4.69, 9.17) is 9.84 Å². The molecule has 4 heteroatoms. The van der Waals surface area contributed by atoms with Crippen molar-refractivity contribution in [3.8, 4) is 11.5 Å². The number of carboxylic acid groups (broad SMARTS) is 1. The lowest BCUT2D eigenvalue weighted by atomic mass is 10.1. The largest absolute Gasteiger partial charge is 0.478 e. The van der Waals surface area contributed by atoms with E-state index >= 15 is 0 Å². The summed E-state index contributed by atoms with van der Waals surface area (Å²) in [6, 6.07) is 10.6. The van der Waals surface area contributed by atoms with Gasteiger partial charge in [0.2, 0.25) is 0 Å². The molecule has 1 N–H and O–H groups in total.